The molecule has 134 valence electrons. The number of aryl methyl sites for hydroxylation is 1. The van der Waals surface area contributed by atoms with E-state index in [9.17, 15) is 4.79 Å². The maximum atomic E-state index is 13.2. The molecule has 1 amide bonds. The zero-order chi connectivity index (χ0) is 18.0. The molecule has 25 heavy (non-hydrogen) atoms. The summed E-state index contributed by atoms with van der Waals surface area (Å²) in [7, 11) is 0. The first-order valence-corrected chi connectivity index (χ1v) is 9.14. The first-order chi connectivity index (χ1) is 12.0. The van der Waals surface area contributed by atoms with Crippen LogP contribution in [0.1, 0.15) is 45.4 Å². The zero-order valence-electron chi connectivity index (χ0n) is 15.8. The zero-order valence-corrected chi connectivity index (χ0v) is 15.8. The smallest absolute Gasteiger partial charge is 0.270 e. The van der Waals surface area contributed by atoms with Crippen molar-refractivity contribution in [2.75, 3.05) is 26.3 Å². The Morgan fingerprint density at radius 3 is 2.32 bits per heavy atom. The van der Waals surface area contributed by atoms with E-state index in [-0.39, 0.29) is 5.91 Å². The molecule has 1 saturated heterocycles. The van der Waals surface area contributed by atoms with Crippen molar-refractivity contribution in [1.82, 2.24) is 9.47 Å². The van der Waals surface area contributed by atoms with E-state index in [2.05, 4.69) is 56.5 Å². The van der Waals surface area contributed by atoms with E-state index >= 15 is 0 Å². The van der Waals surface area contributed by atoms with Crippen LogP contribution in [0, 0.1) is 20.8 Å². The van der Waals surface area contributed by atoms with Crippen molar-refractivity contribution < 1.29 is 9.53 Å². The second-order valence-electron chi connectivity index (χ2n) is 6.87. The molecule has 0 N–H and O–H groups in total. The number of aromatic nitrogens is 1. The molecule has 1 fully saturated rings. The summed E-state index contributed by atoms with van der Waals surface area (Å²) in [6.45, 7) is 11.8. The Hall–Kier alpha value is -2.07. The Kier molecular flexibility index (Phi) is 5.28. The van der Waals surface area contributed by atoms with Gasteiger partial charge in [0.05, 0.1) is 13.2 Å². The number of amides is 1. The molecular weight excluding hydrogens is 312 g/mol. The third-order valence-electron chi connectivity index (χ3n) is 5.24. The van der Waals surface area contributed by atoms with Gasteiger partial charge in [-0.1, -0.05) is 36.8 Å². The summed E-state index contributed by atoms with van der Waals surface area (Å²) in [5.74, 6) is 0.135. The lowest BCUT2D eigenvalue weighted by Gasteiger charge is -2.27. The van der Waals surface area contributed by atoms with Crippen molar-refractivity contribution in [1.29, 1.82) is 0 Å². The monoisotopic (exact) mass is 340 g/mol. The summed E-state index contributed by atoms with van der Waals surface area (Å²) in [5, 5.41) is 0. The number of nitrogens with zero attached hydrogens (tertiary/aromatic N) is 2. The average molecular weight is 340 g/mol. The maximum Gasteiger partial charge on any atom is 0.270 e. The van der Waals surface area contributed by atoms with Crippen LogP contribution in [-0.4, -0.2) is 41.7 Å². The lowest BCUT2D eigenvalue weighted by atomic mass is 10.1. The Morgan fingerprint density at radius 2 is 1.72 bits per heavy atom. The molecule has 1 aromatic heterocycles. The minimum atomic E-state index is 0.135. The molecule has 0 radical (unpaired) electrons. The van der Waals surface area contributed by atoms with Gasteiger partial charge < -0.3 is 14.2 Å². The number of ether oxygens (including phenoxy) is 1. The molecule has 0 spiro atoms. The van der Waals surface area contributed by atoms with Crippen molar-refractivity contribution >= 4 is 5.91 Å². The number of carbonyl (C=O) groups excluding carboxylic acids is 1. The standard InChI is InChI=1S/C21H28N2O2/c1-5-19-16(3)20(21(24)22-10-12-25-13-11-22)23(17(19)4)14-18-8-6-15(2)7-9-18/h6-9H,5,10-14H2,1-4H3. The van der Waals surface area contributed by atoms with Gasteiger partial charge in [-0.3, -0.25) is 4.79 Å². The van der Waals surface area contributed by atoms with Gasteiger partial charge in [0.25, 0.3) is 5.91 Å². The van der Waals surface area contributed by atoms with Crippen LogP contribution in [0.15, 0.2) is 24.3 Å². The summed E-state index contributed by atoms with van der Waals surface area (Å²) < 4.78 is 7.61. The summed E-state index contributed by atoms with van der Waals surface area (Å²) in [6.07, 6.45) is 0.946. The molecule has 2 heterocycles. The van der Waals surface area contributed by atoms with Crippen LogP contribution in [0.25, 0.3) is 0 Å². The molecule has 4 nitrogen and oxygen atoms in total. The highest BCUT2D eigenvalue weighted by Gasteiger charge is 2.26. The number of carbonyl (C=O) groups is 1. The van der Waals surface area contributed by atoms with Crippen molar-refractivity contribution in [3.05, 3.63) is 57.9 Å². The van der Waals surface area contributed by atoms with Crippen molar-refractivity contribution in [3.63, 3.8) is 0 Å². The summed E-state index contributed by atoms with van der Waals surface area (Å²) in [5.41, 5.74) is 6.95. The third kappa shape index (κ3) is 3.49. The fourth-order valence-electron chi connectivity index (χ4n) is 3.73. The number of benzene rings is 1. The number of hydrogen-bond acceptors (Lipinski definition) is 2. The van der Waals surface area contributed by atoms with Gasteiger partial charge in [-0.05, 0) is 43.9 Å². The molecular formula is C21H28N2O2. The fraction of sp³-hybridized carbons (Fsp3) is 0.476. The van der Waals surface area contributed by atoms with E-state index in [1.54, 1.807) is 0 Å². The van der Waals surface area contributed by atoms with Gasteiger partial charge in [-0.15, -0.1) is 0 Å². The molecule has 1 aliphatic heterocycles. The van der Waals surface area contributed by atoms with Gasteiger partial charge in [-0.25, -0.2) is 0 Å². The van der Waals surface area contributed by atoms with E-state index in [0.29, 0.717) is 26.3 Å². The van der Waals surface area contributed by atoms with Crippen LogP contribution < -0.4 is 0 Å². The van der Waals surface area contributed by atoms with E-state index in [1.165, 1.54) is 22.4 Å². The van der Waals surface area contributed by atoms with E-state index in [1.807, 2.05) is 4.90 Å². The largest absolute Gasteiger partial charge is 0.378 e. The fourth-order valence-corrected chi connectivity index (χ4v) is 3.73. The van der Waals surface area contributed by atoms with Crippen molar-refractivity contribution in [3.8, 4) is 0 Å². The molecule has 0 aliphatic carbocycles. The summed E-state index contributed by atoms with van der Waals surface area (Å²) in [6, 6.07) is 8.56. The first-order valence-electron chi connectivity index (χ1n) is 9.14. The Balaban J connectivity index is 2.00. The predicted octanol–water partition coefficient (Wildman–Crippen LogP) is 3.50. The molecule has 2 aromatic rings. The van der Waals surface area contributed by atoms with Crippen LogP contribution in [0.3, 0.4) is 0 Å². The highest BCUT2D eigenvalue weighted by atomic mass is 16.5. The van der Waals surface area contributed by atoms with Gasteiger partial charge in [0.15, 0.2) is 0 Å². The lowest BCUT2D eigenvalue weighted by molar-refractivity contribution is 0.0295. The van der Waals surface area contributed by atoms with Crippen molar-refractivity contribution in [2.24, 2.45) is 0 Å². The Bertz CT molecular complexity index is 753. The highest BCUT2D eigenvalue weighted by molar-refractivity contribution is 5.95. The van der Waals surface area contributed by atoms with Gasteiger partial charge in [0, 0.05) is 25.3 Å². The predicted molar refractivity (Wildman–Crippen MR) is 100 cm³/mol. The van der Waals surface area contributed by atoms with Gasteiger partial charge in [0.2, 0.25) is 0 Å². The van der Waals surface area contributed by atoms with Crippen molar-refractivity contribution in [2.45, 2.75) is 40.7 Å². The van der Waals surface area contributed by atoms with Crippen LogP contribution in [0.5, 0.6) is 0 Å². The number of rotatable bonds is 4. The lowest BCUT2D eigenvalue weighted by Crippen LogP contribution is -2.41. The van der Waals surface area contributed by atoms with Gasteiger partial charge in [0.1, 0.15) is 5.69 Å². The molecule has 4 heteroatoms. The van der Waals surface area contributed by atoms with Gasteiger partial charge in [-0.2, -0.15) is 0 Å². The maximum absolute atomic E-state index is 13.2. The van der Waals surface area contributed by atoms with E-state index in [4.69, 9.17) is 4.74 Å². The minimum absolute atomic E-state index is 0.135. The number of hydrogen-bond donors (Lipinski definition) is 0. The second kappa shape index (κ2) is 7.44. The van der Waals surface area contributed by atoms with Crippen LogP contribution in [-0.2, 0) is 17.7 Å². The van der Waals surface area contributed by atoms with Crippen LogP contribution in [0.2, 0.25) is 0 Å². The normalized spacial score (nSPS) is 14.8. The summed E-state index contributed by atoms with van der Waals surface area (Å²) >= 11 is 0. The Labute approximate surface area is 150 Å². The molecule has 0 atom stereocenters. The molecule has 1 aromatic carbocycles. The van der Waals surface area contributed by atoms with Crippen LogP contribution >= 0.6 is 0 Å². The minimum Gasteiger partial charge on any atom is -0.378 e. The van der Waals surface area contributed by atoms with Crippen LogP contribution in [0.4, 0.5) is 0 Å². The molecule has 1 aliphatic rings. The molecule has 3 rings (SSSR count). The quantitative estimate of drug-likeness (QED) is 0.854. The molecule has 0 unspecified atom stereocenters. The Morgan fingerprint density at radius 1 is 1.08 bits per heavy atom. The second-order valence-corrected chi connectivity index (χ2v) is 6.87. The van der Waals surface area contributed by atoms with E-state index < -0.39 is 0 Å². The summed E-state index contributed by atoms with van der Waals surface area (Å²) in [4.78, 5) is 15.1. The highest BCUT2D eigenvalue weighted by Crippen LogP contribution is 2.25. The third-order valence-corrected chi connectivity index (χ3v) is 5.24. The SMILES string of the molecule is CCc1c(C)c(C(=O)N2CCOCC2)n(Cc2ccc(C)cc2)c1C. The molecule has 0 saturated carbocycles. The molecule has 0 bridgehead atoms. The van der Waals surface area contributed by atoms with Gasteiger partial charge >= 0.3 is 0 Å². The van der Waals surface area contributed by atoms with E-state index in [0.717, 1.165) is 24.2 Å². The topological polar surface area (TPSA) is 34.5 Å². The first kappa shape index (κ1) is 17.7. The average Bonchev–Trinajstić information content (AvgIpc) is 2.86. The number of morpholine rings is 1.